The normalized spacial score (nSPS) is 18.9. The summed E-state index contributed by atoms with van der Waals surface area (Å²) in [5.74, 6) is 0.432. The predicted octanol–water partition coefficient (Wildman–Crippen LogP) is 0.810. The van der Waals surface area contributed by atoms with E-state index in [1.165, 1.54) is 13.5 Å². The third-order valence-corrected chi connectivity index (χ3v) is 3.48. The molecular formula is C13H16N4O2. The van der Waals surface area contributed by atoms with Gasteiger partial charge in [-0.05, 0) is 31.5 Å². The first-order chi connectivity index (χ1) is 9.29. The first-order valence-electron chi connectivity index (χ1n) is 6.44. The van der Waals surface area contributed by atoms with Gasteiger partial charge in [0.1, 0.15) is 11.5 Å². The van der Waals surface area contributed by atoms with E-state index in [0.29, 0.717) is 17.4 Å². The summed E-state index contributed by atoms with van der Waals surface area (Å²) in [5.41, 5.74) is 1.15. The van der Waals surface area contributed by atoms with Crippen molar-refractivity contribution in [2.75, 3.05) is 13.7 Å². The Kier molecular flexibility index (Phi) is 3.16. The minimum Gasteiger partial charge on any atom is -0.464 e. The molecule has 0 bridgehead atoms. The van der Waals surface area contributed by atoms with Gasteiger partial charge in [0.25, 0.3) is 0 Å². The maximum Gasteiger partial charge on any atom is 0.355 e. The second-order valence-electron chi connectivity index (χ2n) is 4.71. The predicted molar refractivity (Wildman–Crippen MR) is 69.1 cm³/mol. The van der Waals surface area contributed by atoms with Crippen molar-refractivity contribution >= 4 is 11.6 Å². The van der Waals surface area contributed by atoms with Gasteiger partial charge in [-0.2, -0.15) is 0 Å². The SMILES string of the molecule is COC(=O)c1cccc2nnc(CC3CCCN3)n12. The number of rotatable bonds is 3. The van der Waals surface area contributed by atoms with Crippen molar-refractivity contribution in [2.45, 2.75) is 25.3 Å². The van der Waals surface area contributed by atoms with Gasteiger partial charge in [-0.15, -0.1) is 10.2 Å². The molecule has 1 aliphatic heterocycles. The van der Waals surface area contributed by atoms with E-state index in [4.69, 9.17) is 4.74 Å². The molecule has 0 amide bonds. The smallest absolute Gasteiger partial charge is 0.355 e. The van der Waals surface area contributed by atoms with Crippen LogP contribution in [0.1, 0.15) is 29.2 Å². The van der Waals surface area contributed by atoms with Crippen LogP contribution in [0.5, 0.6) is 0 Å². The van der Waals surface area contributed by atoms with Crippen molar-refractivity contribution < 1.29 is 9.53 Å². The van der Waals surface area contributed by atoms with Crippen LogP contribution in [-0.2, 0) is 11.2 Å². The van der Waals surface area contributed by atoms with E-state index in [-0.39, 0.29) is 5.97 Å². The van der Waals surface area contributed by atoms with Gasteiger partial charge in [-0.3, -0.25) is 4.40 Å². The Balaban J connectivity index is 2.01. The molecule has 100 valence electrons. The summed E-state index contributed by atoms with van der Waals surface area (Å²) >= 11 is 0. The molecule has 2 aromatic rings. The highest BCUT2D eigenvalue weighted by Crippen LogP contribution is 2.14. The van der Waals surface area contributed by atoms with Gasteiger partial charge >= 0.3 is 5.97 Å². The molecule has 1 N–H and O–H groups in total. The van der Waals surface area contributed by atoms with E-state index >= 15 is 0 Å². The molecule has 6 heteroatoms. The highest BCUT2D eigenvalue weighted by atomic mass is 16.5. The molecule has 3 rings (SSSR count). The van der Waals surface area contributed by atoms with E-state index in [1.807, 2.05) is 6.07 Å². The average molecular weight is 260 g/mol. The largest absolute Gasteiger partial charge is 0.464 e. The number of nitrogens with one attached hydrogen (secondary N) is 1. The molecule has 1 aliphatic rings. The molecule has 0 saturated carbocycles. The minimum absolute atomic E-state index is 0.369. The van der Waals surface area contributed by atoms with Crippen LogP contribution in [0.2, 0.25) is 0 Å². The zero-order chi connectivity index (χ0) is 13.2. The number of hydrogen-bond donors (Lipinski definition) is 1. The lowest BCUT2D eigenvalue weighted by Gasteiger charge is -2.10. The van der Waals surface area contributed by atoms with Crippen molar-refractivity contribution in [1.82, 2.24) is 19.9 Å². The molecule has 1 atom stereocenters. The van der Waals surface area contributed by atoms with E-state index < -0.39 is 0 Å². The van der Waals surface area contributed by atoms with Crippen LogP contribution in [-0.4, -0.2) is 40.3 Å². The van der Waals surface area contributed by atoms with Crippen molar-refractivity contribution in [2.24, 2.45) is 0 Å². The minimum atomic E-state index is -0.369. The Labute approximate surface area is 110 Å². The quantitative estimate of drug-likeness (QED) is 0.827. The molecule has 0 spiro atoms. The Bertz CT molecular complexity index is 602. The standard InChI is InChI=1S/C13H16N4O2/c1-19-13(18)10-5-2-6-11-15-16-12(17(10)11)8-9-4-3-7-14-9/h2,5-6,9,14H,3-4,7-8H2,1H3. The third kappa shape index (κ3) is 2.19. The Morgan fingerprint density at radius 3 is 3.16 bits per heavy atom. The summed E-state index contributed by atoms with van der Waals surface area (Å²) in [6, 6.07) is 5.77. The number of esters is 1. The van der Waals surface area contributed by atoms with Gasteiger partial charge in [0.2, 0.25) is 0 Å². The zero-order valence-electron chi connectivity index (χ0n) is 10.8. The number of ether oxygens (including phenoxy) is 1. The highest BCUT2D eigenvalue weighted by Gasteiger charge is 2.20. The highest BCUT2D eigenvalue weighted by molar-refractivity contribution is 5.88. The molecule has 1 fully saturated rings. The summed E-state index contributed by atoms with van der Waals surface area (Å²) in [5, 5.41) is 11.7. The molecular weight excluding hydrogens is 244 g/mol. The zero-order valence-corrected chi connectivity index (χ0v) is 10.8. The molecule has 0 aromatic carbocycles. The fraction of sp³-hybridized carbons (Fsp3) is 0.462. The lowest BCUT2D eigenvalue weighted by molar-refractivity contribution is 0.0592. The number of carbonyl (C=O) groups excluding carboxylic acids is 1. The number of methoxy groups -OCH3 is 1. The van der Waals surface area contributed by atoms with Crippen LogP contribution in [0.15, 0.2) is 18.2 Å². The fourth-order valence-corrected chi connectivity index (χ4v) is 2.55. The molecule has 1 saturated heterocycles. The van der Waals surface area contributed by atoms with Crippen LogP contribution in [0.4, 0.5) is 0 Å². The monoisotopic (exact) mass is 260 g/mol. The first-order valence-corrected chi connectivity index (χ1v) is 6.44. The van der Waals surface area contributed by atoms with Gasteiger partial charge < -0.3 is 10.1 Å². The molecule has 3 heterocycles. The van der Waals surface area contributed by atoms with Crippen molar-refractivity contribution in [3.8, 4) is 0 Å². The van der Waals surface area contributed by atoms with Gasteiger partial charge in [-0.1, -0.05) is 6.07 Å². The summed E-state index contributed by atoms with van der Waals surface area (Å²) in [6.45, 7) is 1.05. The van der Waals surface area contributed by atoms with Crippen LogP contribution < -0.4 is 5.32 Å². The van der Waals surface area contributed by atoms with Crippen molar-refractivity contribution in [3.63, 3.8) is 0 Å². The van der Waals surface area contributed by atoms with Gasteiger partial charge in [0.05, 0.1) is 7.11 Å². The Morgan fingerprint density at radius 2 is 2.42 bits per heavy atom. The number of pyridine rings is 1. The third-order valence-electron chi connectivity index (χ3n) is 3.48. The number of fused-ring (bicyclic) bond motifs is 1. The second-order valence-corrected chi connectivity index (χ2v) is 4.71. The Morgan fingerprint density at radius 1 is 1.53 bits per heavy atom. The van der Waals surface area contributed by atoms with Crippen LogP contribution in [0.3, 0.4) is 0 Å². The number of carbonyl (C=O) groups is 1. The maximum absolute atomic E-state index is 11.8. The van der Waals surface area contributed by atoms with Crippen LogP contribution in [0, 0.1) is 0 Å². The van der Waals surface area contributed by atoms with E-state index in [2.05, 4.69) is 15.5 Å². The van der Waals surface area contributed by atoms with Gasteiger partial charge in [0, 0.05) is 12.5 Å². The summed E-state index contributed by atoms with van der Waals surface area (Å²) in [4.78, 5) is 11.8. The van der Waals surface area contributed by atoms with Crippen molar-refractivity contribution in [1.29, 1.82) is 0 Å². The first kappa shape index (κ1) is 12.1. The second kappa shape index (κ2) is 4.97. The van der Waals surface area contributed by atoms with E-state index in [1.54, 1.807) is 16.5 Å². The number of hydrogen-bond acceptors (Lipinski definition) is 5. The van der Waals surface area contributed by atoms with Crippen LogP contribution in [0.25, 0.3) is 5.65 Å². The maximum atomic E-state index is 11.8. The molecule has 2 aromatic heterocycles. The number of nitrogens with zero attached hydrogens (tertiary/aromatic N) is 3. The summed E-state index contributed by atoms with van der Waals surface area (Å²) in [7, 11) is 1.38. The summed E-state index contributed by atoms with van der Waals surface area (Å²) < 4.78 is 6.59. The fourth-order valence-electron chi connectivity index (χ4n) is 2.55. The molecule has 19 heavy (non-hydrogen) atoms. The topological polar surface area (TPSA) is 68.5 Å². The van der Waals surface area contributed by atoms with Gasteiger partial charge in [0.15, 0.2) is 5.65 Å². The molecule has 0 aliphatic carbocycles. The van der Waals surface area contributed by atoms with Gasteiger partial charge in [-0.25, -0.2) is 4.79 Å². The van der Waals surface area contributed by atoms with Crippen molar-refractivity contribution in [3.05, 3.63) is 29.7 Å². The Hall–Kier alpha value is -1.95. The van der Waals surface area contributed by atoms with E-state index in [0.717, 1.165) is 25.2 Å². The number of aromatic nitrogens is 3. The summed E-state index contributed by atoms with van der Waals surface area (Å²) in [6.07, 6.45) is 3.09. The molecule has 1 unspecified atom stereocenters. The lowest BCUT2D eigenvalue weighted by atomic mass is 10.1. The lowest BCUT2D eigenvalue weighted by Crippen LogP contribution is -2.25. The van der Waals surface area contributed by atoms with E-state index in [9.17, 15) is 4.79 Å². The van der Waals surface area contributed by atoms with Crippen LogP contribution >= 0.6 is 0 Å². The average Bonchev–Trinajstić information content (AvgIpc) is 3.08. The molecule has 0 radical (unpaired) electrons. The molecule has 6 nitrogen and oxygen atoms in total.